The van der Waals surface area contributed by atoms with Crippen molar-refractivity contribution in [3.8, 4) is 0 Å². The fraction of sp³-hybridized carbons (Fsp3) is 0.381. The molecule has 0 aliphatic heterocycles. The average molecular weight is 453 g/mol. The Morgan fingerprint density at radius 3 is 2.41 bits per heavy atom. The molecule has 0 aromatic heterocycles. The van der Waals surface area contributed by atoms with Gasteiger partial charge in [0.05, 0.1) is 10.6 Å². The molecule has 0 saturated heterocycles. The molecule has 154 valence electrons. The molecule has 2 fully saturated rings. The molecule has 2 aromatic carbocycles. The number of nitrogens with one attached hydrogen (secondary N) is 1. The molecule has 3 atom stereocenters. The van der Waals surface area contributed by atoms with Crippen molar-refractivity contribution in [3.05, 3.63) is 58.6 Å². The number of halogens is 2. The molecular formula is C21H22Cl2N2O3S. The van der Waals surface area contributed by atoms with E-state index in [-0.39, 0.29) is 23.4 Å². The van der Waals surface area contributed by atoms with Crippen LogP contribution in [0.25, 0.3) is 0 Å². The first-order chi connectivity index (χ1) is 13.8. The molecule has 2 aliphatic rings. The van der Waals surface area contributed by atoms with Gasteiger partial charge in [-0.2, -0.15) is 0 Å². The van der Waals surface area contributed by atoms with Gasteiger partial charge in [-0.3, -0.25) is 9.10 Å². The van der Waals surface area contributed by atoms with Gasteiger partial charge in [-0.05, 0) is 73.6 Å². The van der Waals surface area contributed by atoms with Crippen molar-refractivity contribution >= 4 is 44.8 Å². The average Bonchev–Trinajstić information content (AvgIpc) is 3.29. The molecule has 2 aliphatic carbocycles. The zero-order valence-corrected chi connectivity index (χ0v) is 18.1. The summed E-state index contributed by atoms with van der Waals surface area (Å²) < 4.78 is 27.7. The number of carbonyl (C=O) groups excluding carboxylic acids is 1. The predicted octanol–water partition coefficient (Wildman–Crippen LogP) is 4.49. The van der Waals surface area contributed by atoms with E-state index in [1.165, 1.54) is 30.7 Å². The summed E-state index contributed by atoms with van der Waals surface area (Å²) in [5, 5.41) is 3.89. The molecule has 2 aromatic rings. The number of amides is 1. The molecule has 8 heteroatoms. The predicted molar refractivity (Wildman–Crippen MR) is 115 cm³/mol. The van der Waals surface area contributed by atoms with E-state index < -0.39 is 10.0 Å². The number of hydrogen-bond acceptors (Lipinski definition) is 3. The first-order valence-electron chi connectivity index (χ1n) is 9.66. The van der Waals surface area contributed by atoms with Gasteiger partial charge in [0.15, 0.2) is 0 Å². The molecule has 1 amide bonds. The van der Waals surface area contributed by atoms with Crippen LogP contribution >= 0.6 is 23.2 Å². The van der Waals surface area contributed by atoms with E-state index in [0.717, 1.165) is 23.6 Å². The standard InChI is InChI=1S/C21H22Cl2N2O3S/c22-16-6-8-19(9-7-16)29(27,28)25(18-3-1-2-17(23)12-18)13-21(26)24-20-11-14-4-5-15(20)10-14/h1-3,6-9,12,14-15,20H,4-5,10-11,13H2,(H,24,26)/t14-,15+,20-/m1/s1. The van der Waals surface area contributed by atoms with E-state index in [0.29, 0.717) is 27.6 Å². The van der Waals surface area contributed by atoms with Crippen LogP contribution in [0, 0.1) is 11.8 Å². The molecule has 5 nitrogen and oxygen atoms in total. The summed E-state index contributed by atoms with van der Waals surface area (Å²) in [6.07, 6.45) is 4.51. The second kappa shape index (κ2) is 8.17. The van der Waals surface area contributed by atoms with Crippen molar-refractivity contribution in [2.75, 3.05) is 10.8 Å². The summed E-state index contributed by atoms with van der Waals surface area (Å²) in [6.45, 7) is -0.306. The molecule has 1 N–H and O–H groups in total. The van der Waals surface area contributed by atoms with Crippen LogP contribution in [0.3, 0.4) is 0 Å². The lowest BCUT2D eigenvalue weighted by Gasteiger charge is -2.27. The number of hydrogen-bond donors (Lipinski definition) is 1. The summed E-state index contributed by atoms with van der Waals surface area (Å²) in [5.41, 5.74) is 0.343. The van der Waals surface area contributed by atoms with Crippen LogP contribution in [-0.4, -0.2) is 26.9 Å². The maximum Gasteiger partial charge on any atom is 0.264 e. The number of sulfonamides is 1. The molecule has 2 bridgehead atoms. The highest BCUT2D eigenvalue weighted by Gasteiger charge is 2.40. The molecular weight excluding hydrogens is 431 g/mol. The van der Waals surface area contributed by atoms with Crippen LogP contribution in [0.15, 0.2) is 53.4 Å². The fourth-order valence-corrected chi connectivity index (χ4v) is 6.21. The first-order valence-corrected chi connectivity index (χ1v) is 11.9. The van der Waals surface area contributed by atoms with Gasteiger partial charge in [-0.1, -0.05) is 35.7 Å². The van der Waals surface area contributed by atoms with Crippen molar-refractivity contribution < 1.29 is 13.2 Å². The Labute approximate surface area is 181 Å². The van der Waals surface area contributed by atoms with Crippen LogP contribution in [-0.2, 0) is 14.8 Å². The smallest absolute Gasteiger partial charge is 0.264 e. The lowest BCUT2D eigenvalue weighted by atomic mass is 9.95. The Morgan fingerprint density at radius 1 is 1.03 bits per heavy atom. The minimum Gasteiger partial charge on any atom is -0.352 e. The van der Waals surface area contributed by atoms with Crippen LogP contribution in [0.5, 0.6) is 0 Å². The van der Waals surface area contributed by atoms with Crippen molar-refractivity contribution in [2.45, 2.75) is 36.6 Å². The Hall–Kier alpha value is -1.76. The third-order valence-electron chi connectivity index (χ3n) is 5.87. The Morgan fingerprint density at radius 2 is 1.79 bits per heavy atom. The fourth-order valence-electron chi connectivity index (χ4n) is 4.48. The maximum absolute atomic E-state index is 13.3. The molecule has 4 rings (SSSR count). The van der Waals surface area contributed by atoms with E-state index in [1.807, 2.05) is 0 Å². The number of carbonyl (C=O) groups is 1. The SMILES string of the molecule is O=C(CN(c1cccc(Cl)c1)S(=O)(=O)c1ccc(Cl)cc1)N[C@@H]1C[C@@H]2CC[C@H]1C2. The number of nitrogens with zero attached hydrogens (tertiary/aromatic N) is 1. The topological polar surface area (TPSA) is 66.5 Å². The lowest BCUT2D eigenvalue weighted by molar-refractivity contribution is -0.120. The van der Waals surface area contributed by atoms with Gasteiger partial charge >= 0.3 is 0 Å². The first kappa shape index (κ1) is 20.5. The van der Waals surface area contributed by atoms with Crippen molar-refractivity contribution in [3.63, 3.8) is 0 Å². The number of rotatable bonds is 6. The molecule has 0 heterocycles. The monoisotopic (exact) mass is 452 g/mol. The minimum atomic E-state index is -3.97. The van der Waals surface area contributed by atoms with Gasteiger partial charge < -0.3 is 5.32 Å². The van der Waals surface area contributed by atoms with E-state index in [1.54, 1.807) is 24.3 Å². The number of anilines is 1. The number of fused-ring (bicyclic) bond motifs is 2. The van der Waals surface area contributed by atoms with Crippen LogP contribution in [0.2, 0.25) is 10.0 Å². The van der Waals surface area contributed by atoms with E-state index in [4.69, 9.17) is 23.2 Å². The third kappa shape index (κ3) is 4.39. The second-order valence-electron chi connectivity index (χ2n) is 7.79. The summed E-state index contributed by atoms with van der Waals surface area (Å²) in [4.78, 5) is 12.9. The summed E-state index contributed by atoms with van der Waals surface area (Å²) in [5.74, 6) is 0.892. The van der Waals surface area contributed by atoms with Crippen molar-refractivity contribution in [1.82, 2.24) is 5.32 Å². The molecule has 0 unspecified atom stereocenters. The van der Waals surface area contributed by atoms with Crippen molar-refractivity contribution in [2.24, 2.45) is 11.8 Å². The van der Waals surface area contributed by atoms with Gasteiger partial charge in [0.25, 0.3) is 10.0 Å². The van der Waals surface area contributed by atoms with E-state index in [9.17, 15) is 13.2 Å². The quantitative estimate of drug-likeness (QED) is 0.701. The number of benzene rings is 2. The zero-order chi connectivity index (χ0) is 20.6. The van der Waals surface area contributed by atoms with Gasteiger partial charge in [0.2, 0.25) is 5.91 Å². The summed E-state index contributed by atoms with van der Waals surface area (Å²) >= 11 is 12.0. The molecule has 0 spiro atoms. The van der Waals surface area contributed by atoms with Crippen LogP contribution < -0.4 is 9.62 Å². The lowest BCUT2D eigenvalue weighted by Crippen LogP contribution is -2.46. The van der Waals surface area contributed by atoms with Crippen LogP contribution in [0.1, 0.15) is 25.7 Å². The van der Waals surface area contributed by atoms with Crippen LogP contribution in [0.4, 0.5) is 5.69 Å². The second-order valence-corrected chi connectivity index (χ2v) is 10.5. The Balaban J connectivity index is 1.60. The van der Waals surface area contributed by atoms with Crippen molar-refractivity contribution in [1.29, 1.82) is 0 Å². The molecule has 2 saturated carbocycles. The molecule has 0 radical (unpaired) electrons. The third-order valence-corrected chi connectivity index (χ3v) is 8.14. The van der Waals surface area contributed by atoms with Gasteiger partial charge in [0, 0.05) is 16.1 Å². The largest absolute Gasteiger partial charge is 0.352 e. The van der Waals surface area contributed by atoms with Gasteiger partial charge in [-0.15, -0.1) is 0 Å². The Bertz CT molecular complexity index is 1010. The van der Waals surface area contributed by atoms with Gasteiger partial charge in [-0.25, -0.2) is 8.42 Å². The van der Waals surface area contributed by atoms with Gasteiger partial charge in [0.1, 0.15) is 6.54 Å². The van der Waals surface area contributed by atoms with E-state index in [2.05, 4.69) is 5.32 Å². The summed E-state index contributed by atoms with van der Waals surface area (Å²) in [7, 11) is -3.97. The van der Waals surface area contributed by atoms with E-state index >= 15 is 0 Å². The minimum absolute atomic E-state index is 0.0644. The highest BCUT2D eigenvalue weighted by atomic mass is 35.5. The summed E-state index contributed by atoms with van der Waals surface area (Å²) in [6, 6.07) is 12.5. The normalized spacial score (nSPS) is 23.2. The Kier molecular flexibility index (Phi) is 5.78. The highest BCUT2D eigenvalue weighted by Crippen LogP contribution is 2.44. The highest BCUT2D eigenvalue weighted by molar-refractivity contribution is 7.92. The zero-order valence-electron chi connectivity index (χ0n) is 15.7. The molecule has 29 heavy (non-hydrogen) atoms. The maximum atomic E-state index is 13.3.